The first kappa shape index (κ1) is 12.4. The van der Waals surface area contributed by atoms with Crippen LogP contribution in [0.1, 0.15) is 25.7 Å². The molecule has 1 amide bonds. The Hall–Kier alpha value is -1.10. The van der Waals surface area contributed by atoms with Crippen LogP contribution in [0.4, 0.5) is 0 Å². The fraction of sp³-hybridized carbons (Fsp3) is 0.833. The first-order chi connectivity index (χ1) is 8.06. The molecule has 17 heavy (non-hydrogen) atoms. The van der Waals surface area contributed by atoms with Crippen LogP contribution >= 0.6 is 0 Å². The fourth-order valence-corrected chi connectivity index (χ4v) is 2.80. The number of hydrogen-bond donors (Lipinski definition) is 2. The monoisotopic (exact) mass is 240 g/mol. The van der Waals surface area contributed by atoms with Crippen molar-refractivity contribution < 1.29 is 14.7 Å². The zero-order valence-corrected chi connectivity index (χ0v) is 10.2. The van der Waals surface area contributed by atoms with E-state index in [2.05, 4.69) is 10.2 Å². The SMILES string of the molecule is CN1CCC(C(=O)NC2CCC(C(=O)O)C2)C1. The van der Waals surface area contributed by atoms with Gasteiger partial charge in [0.2, 0.25) is 5.91 Å². The maximum atomic E-state index is 11.9. The molecule has 3 atom stereocenters. The Morgan fingerprint density at radius 1 is 1.24 bits per heavy atom. The van der Waals surface area contributed by atoms with Crippen LogP contribution in [0.25, 0.3) is 0 Å². The van der Waals surface area contributed by atoms with E-state index in [0.717, 1.165) is 25.9 Å². The van der Waals surface area contributed by atoms with E-state index in [1.54, 1.807) is 0 Å². The summed E-state index contributed by atoms with van der Waals surface area (Å²) < 4.78 is 0. The van der Waals surface area contributed by atoms with Crippen molar-refractivity contribution in [3.8, 4) is 0 Å². The minimum atomic E-state index is -0.734. The molecule has 96 valence electrons. The molecule has 0 aromatic carbocycles. The van der Waals surface area contributed by atoms with Crippen molar-refractivity contribution in [2.75, 3.05) is 20.1 Å². The molecule has 1 saturated carbocycles. The Bertz CT molecular complexity index is 319. The van der Waals surface area contributed by atoms with Crippen LogP contribution in [-0.2, 0) is 9.59 Å². The molecule has 2 N–H and O–H groups in total. The van der Waals surface area contributed by atoms with Gasteiger partial charge >= 0.3 is 5.97 Å². The summed E-state index contributed by atoms with van der Waals surface area (Å²) in [6, 6.07) is 0.0644. The van der Waals surface area contributed by atoms with Gasteiger partial charge in [0.15, 0.2) is 0 Å². The number of amides is 1. The number of carbonyl (C=O) groups is 2. The van der Waals surface area contributed by atoms with E-state index < -0.39 is 5.97 Å². The molecule has 1 aliphatic heterocycles. The molecule has 2 aliphatic rings. The van der Waals surface area contributed by atoms with Crippen LogP contribution in [0.5, 0.6) is 0 Å². The number of nitrogens with zero attached hydrogens (tertiary/aromatic N) is 1. The smallest absolute Gasteiger partial charge is 0.306 e. The Kier molecular flexibility index (Phi) is 3.66. The van der Waals surface area contributed by atoms with Gasteiger partial charge < -0.3 is 15.3 Å². The van der Waals surface area contributed by atoms with Crippen LogP contribution in [-0.4, -0.2) is 48.1 Å². The number of carboxylic acids is 1. The van der Waals surface area contributed by atoms with E-state index in [0.29, 0.717) is 12.8 Å². The van der Waals surface area contributed by atoms with Gasteiger partial charge in [-0.1, -0.05) is 0 Å². The molecule has 0 aromatic heterocycles. The molecule has 0 aromatic rings. The topological polar surface area (TPSA) is 69.6 Å². The lowest BCUT2D eigenvalue weighted by Crippen LogP contribution is -2.38. The molecule has 1 saturated heterocycles. The molecular weight excluding hydrogens is 220 g/mol. The van der Waals surface area contributed by atoms with Crippen molar-refractivity contribution in [2.45, 2.75) is 31.7 Å². The molecule has 0 radical (unpaired) electrons. The second-order valence-electron chi connectivity index (χ2n) is 5.30. The summed E-state index contributed by atoms with van der Waals surface area (Å²) in [4.78, 5) is 24.9. The largest absolute Gasteiger partial charge is 0.481 e. The van der Waals surface area contributed by atoms with Gasteiger partial charge in [0.1, 0.15) is 0 Å². The van der Waals surface area contributed by atoms with E-state index >= 15 is 0 Å². The second kappa shape index (κ2) is 5.04. The standard InChI is InChI=1S/C12H20N2O3/c1-14-5-4-9(7-14)11(15)13-10-3-2-8(6-10)12(16)17/h8-10H,2-7H2,1H3,(H,13,15)(H,16,17). The third-order valence-electron chi connectivity index (χ3n) is 3.89. The van der Waals surface area contributed by atoms with Crippen LogP contribution in [0, 0.1) is 11.8 Å². The molecule has 3 unspecified atom stereocenters. The van der Waals surface area contributed by atoms with E-state index in [-0.39, 0.29) is 23.8 Å². The lowest BCUT2D eigenvalue weighted by atomic mass is 10.1. The molecule has 2 fully saturated rings. The first-order valence-electron chi connectivity index (χ1n) is 6.28. The van der Waals surface area contributed by atoms with E-state index in [4.69, 9.17) is 5.11 Å². The van der Waals surface area contributed by atoms with Crippen LogP contribution in [0.3, 0.4) is 0 Å². The van der Waals surface area contributed by atoms with Gasteiger partial charge in [-0.3, -0.25) is 9.59 Å². The second-order valence-corrected chi connectivity index (χ2v) is 5.30. The number of carbonyl (C=O) groups excluding carboxylic acids is 1. The van der Waals surface area contributed by atoms with Gasteiger partial charge in [0.05, 0.1) is 11.8 Å². The highest BCUT2D eigenvalue weighted by atomic mass is 16.4. The van der Waals surface area contributed by atoms with Gasteiger partial charge in [0, 0.05) is 12.6 Å². The van der Waals surface area contributed by atoms with Crippen LogP contribution < -0.4 is 5.32 Å². The number of likely N-dealkylation sites (tertiary alicyclic amines) is 1. The van der Waals surface area contributed by atoms with E-state index in [1.807, 2.05) is 7.05 Å². The highest BCUT2D eigenvalue weighted by Crippen LogP contribution is 2.26. The zero-order chi connectivity index (χ0) is 12.4. The third kappa shape index (κ3) is 2.97. The Labute approximate surface area is 101 Å². The lowest BCUT2D eigenvalue weighted by molar-refractivity contribution is -0.141. The summed E-state index contributed by atoms with van der Waals surface area (Å²) in [5, 5.41) is 11.9. The first-order valence-corrected chi connectivity index (χ1v) is 6.28. The van der Waals surface area contributed by atoms with E-state index in [9.17, 15) is 9.59 Å². The Balaban J connectivity index is 1.78. The van der Waals surface area contributed by atoms with Crippen molar-refractivity contribution in [3.63, 3.8) is 0 Å². The fourth-order valence-electron chi connectivity index (χ4n) is 2.80. The van der Waals surface area contributed by atoms with E-state index in [1.165, 1.54) is 0 Å². The van der Waals surface area contributed by atoms with Crippen molar-refractivity contribution in [3.05, 3.63) is 0 Å². The van der Waals surface area contributed by atoms with Crippen molar-refractivity contribution in [1.29, 1.82) is 0 Å². The Morgan fingerprint density at radius 2 is 2.00 bits per heavy atom. The van der Waals surface area contributed by atoms with Gasteiger partial charge in [0.25, 0.3) is 0 Å². The van der Waals surface area contributed by atoms with Crippen LogP contribution in [0.15, 0.2) is 0 Å². The average Bonchev–Trinajstić information content (AvgIpc) is 2.86. The summed E-state index contributed by atoms with van der Waals surface area (Å²) in [5.74, 6) is -0.817. The van der Waals surface area contributed by atoms with Gasteiger partial charge in [-0.2, -0.15) is 0 Å². The molecule has 5 heteroatoms. The molecule has 1 aliphatic carbocycles. The minimum Gasteiger partial charge on any atom is -0.481 e. The molecule has 0 bridgehead atoms. The molecule has 1 heterocycles. The Morgan fingerprint density at radius 3 is 2.53 bits per heavy atom. The predicted octanol–water partition coefficient (Wildman–Crippen LogP) is 0.308. The third-order valence-corrected chi connectivity index (χ3v) is 3.89. The van der Waals surface area contributed by atoms with Crippen molar-refractivity contribution >= 4 is 11.9 Å². The molecule has 5 nitrogen and oxygen atoms in total. The summed E-state index contributed by atoms with van der Waals surface area (Å²) >= 11 is 0. The van der Waals surface area contributed by atoms with Crippen molar-refractivity contribution in [2.24, 2.45) is 11.8 Å². The quantitative estimate of drug-likeness (QED) is 0.745. The molecule has 0 spiro atoms. The highest BCUT2D eigenvalue weighted by molar-refractivity contribution is 5.79. The minimum absolute atomic E-state index is 0.0644. The summed E-state index contributed by atoms with van der Waals surface area (Å²) in [5.41, 5.74) is 0. The molecular formula is C12H20N2O3. The number of nitrogens with one attached hydrogen (secondary N) is 1. The summed E-state index contributed by atoms with van der Waals surface area (Å²) in [6.45, 7) is 1.79. The number of aliphatic carboxylic acids is 1. The highest BCUT2D eigenvalue weighted by Gasteiger charge is 2.33. The van der Waals surface area contributed by atoms with Crippen molar-refractivity contribution in [1.82, 2.24) is 10.2 Å². The predicted molar refractivity (Wildman–Crippen MR) is 62.5 cm³/mol. The number of rotatable bonds is 3. The zero-order valence-electron chi connectivity index (χ0n) is 10.2. The summed E-state index contributed by atoms with van der Waals surface area (Å²) in [7, 11) is 2.02. The van der Waals surface area contributed by atoms with Gasteiger partial charge in [-0.15, -0.1) is 0 Å². The normalized spacial score (nSPS) is 33.8. The van der Waals surface area contributed by atoms with Crippen LogP contribution in [0.2, 0.25) is 0 Å². The number of carboxylic acid groups (broad SMARTS) is 1. The maximum absolute atomic E-state index is 11.9. The number of hydrogen-bond acceptors (Lipinski definition) is 3. The summed E-state index contributed by atoms with van der Waals surface area (Å²) in [6.07, 6.45) is 2.98. The average molecular weight is 240 g/mol. The van der Waals surface area contributed by atoms with Gasteiger partial charge in [-0.05, 0) is 39.3 Å². The maximum Gasteiger partial charge on any atom is 0.306 e. The van der Waals surface area contributed by atoms with Gasteiger partial charge in [-0.25, -0.2) is 0 Å². The molecule has 2 rings (SSSR count). The lowest BCUT2D eigenvalue weighted by Gasteiger charge is -2.16.